The average molecular weight is 958 g/mol. The van der Waals surface area contributed by atoms with Gasteiger partial charge in [-0.1, -0.05) is 206 Å². The molecular weight excluding hydrogens is 915 g/mol. The van der Waals surface area contributed by atoms with Crippen LogP contribution < -0.4 is 0 Å². The highest BCUT2D eigenvalue weighted by molar-refractivity contribution is 6.10. The molecule has 75 heavy (non-hydrogen) atoms. The topological polar surface area (TPSA) is 82.3 Å². The Balaban J connectivity index is 0.807. The Morgan fingerprint density at radius 1 is 0.227 bits per heavy atom. The smallest absolute Gasteiger partial charge is 0.164 e. The van der Waals surface area contributed by atoms with E-state index >= 15 is 0 Å². The zero-order chi connectivity index (χ0) is 49.4. The van der Waals surface area contributed by atoms with Crippen LogP contribution in [0.3, 0.4) is 0 Å². The predicted octanol–water partition coefficient (Wildman–Crippen LogP) is 15.8. The first-order chi connectivity index (χ1) is 37.2. The summed E-state index contributed by atoms with van der Waals surface area (Å²) in [7, 11) is 0. The summed E-state index contributed by atoms with van der Waals surface area (Å²) >= 11 is 0. The van der Waals surface area contributed by atoms with Gasteiger partial charge in [-0.2, -0.15) is 0 Å². The Morgan fingerprint density at radius 3 is 1.07 bits per heavy atom. The molecule has 0 saturated carbocycles. The van der Waals surface area contributed by atoms with Crippen molar-refractivity contribution in [1.29, 1.82) is 0 Å². The fourth-order valence-electron chi connectivity index (χ4n) is 11.6. The van der Waals surface area contributed by atoms with Crippen molar-refractivity contribution < 1.29 is 0 Å². The largest absolute Gasteiger partial charge is 0.309 e. The molecule has 2 unspecified atom stereocenters. The average Bonchev–Trinajstić information content (AvgIpc) is 3.84. The van der Waals surface area contributed by atoms with Crippen molar-refractivity contribution in [3.05, 3.63) is 282 Å². The molecule has 3 aromatic heterocycles. The summed E-state index contributed by atoms with van der Waals surface area (Å²) in [6.45, 7) is 0. The van der Waals surface area contributed by atoms with Crippen LogP contribution in [0.15, 0.2) is 249 Å². The molecule has 2 atom stereocenters. The van der Waals surface area contributed by atoms with Crippen LogP contribution in [0.4, 0.5) is 0 Å². The standard InChI is InChI=1S/C68H43N7/c1-5-17-43(18-6-1)63-69-64(44-19-7-2-8-20-44)72-67(71-63)48-33-36-54-57(40-48)61-52-26-13-14-27-53(52)62(54)58-41-49(34-37-55(58)61)68-73-65(45-21-9-3-10-22-45)70-66(74-68)46-31-29-42(30-32-46)47-35-38-60-56(39-47)51-25-15-16-28-59(51)75(60)50-23-11-4-12-24-50/h1-41,61-62H. The third-order valence-electron chi connectivity index (χ3n) is 15.1. The van der Waals surface area contributed by atoms with Gasteiger partial charge in [0.25, 0.3) is 0 Å². The number of rotatable bonds is 8. The third-order valence-corrected chi connectivity index (χ3v) is 15.1. The van der Waals surface area contributed by atoms with Crippen LogP contribution in [0, 0.1) is 0 Å². The molecule has 16 rings (SSSR count). The van der Waals surface area contributed by atoms with E-state index in [2.05, 4.69) is 174 Å². The van der Waals surface area contributed by atoms with Gasteiger partial charge < -0.3 is 4.57 Å². The van der Waals surface area contributed by atoms with Crippen LogP contribution in [0.25, 0.3) is 107 Å². The molecule has 0 fully saturated rings. The predicted molar refractivity (Wildman–Crippen MR) is 300 cm³/mol. The maximum absolute atomic E-state index is 5.27. The molecule has 13 aromatic rings. The van der Waals surface area contributed by atoms with Gasteiger partial charge >= 0.3 is 0 Å². The van der Waals surface area contributed by atoms with Gasteiger partial charge in [-0.15, -0.1) is 0 Å². The van der Waals surface area contributed by atoms with E-state index in [9.17, 15) is 0 Å². The van der Waals surface area contributed by atoms with E-state index in [1.54, 1.807) is 0 Å². The molecule has 0 N–H and O–H groups in total. The van der Waals surface area contributed by atoms with E-state index in [0.717, 1.165) is 50.2 Å². The van der Waals surface area contributed by atoms with Crippen molar-refractivity contribution in [1.82, 2.24) is 34.5 Å². The fourth-order valence-corrected chi connectivity index (χ4v) is 11.6. The van der Waals surface area contributed by atoms with Crippen molar-refractivity contribution in [2.45, 2.75) is 11.8 Å². The quantitative estimate of drug-likeness (QED) is 0.151. The first kappa shape index (κ1) is 42.7. The number of hydrogen-bond acceptors (Lipinski definition) is 6. The van der Waals surface area contributed by atoms with Crippen molar-refractivity contribution in [2.24, 2.45) is 0 Å². The van der Waals surface area contributed by atoms with Crippen LogP contribution in [0.5, 0.6) is 0 Å². The van der Waals surface area contributed by atoms with Crippen molar-refractivity contribution in [3.8, 4) is 85.1 Å². The molecule has 2 bridgehead atoms. The lowest BCUT2D eigenvalue weighted by molar-refractivity contribution is 0.754. The maximum Gasteiger partial charge on any atom is 0.164 e. The number of para-hydroxylation sites is 2. The first-order valence-corrected chi connectivity index (χ1v) is 25.4. The summed E-state index contributed by atoms with van der Waals surface area (Å²) < 4.78 is 2.35. The third kappa shape index (κ3) is 7.19. The molecule has 0 spiro atoms. The maximum atomic E-state index is 5.27. The summed E-state index contributed by atoms with van der Waals surface area (Å²) in [5.41, 5.74) is 19.2. The molecule has 10 aromatic carbocycles. The Morgan fingerprint density at radius 2 is 0.573 bits per heavy atom. The van der Waals surface area contributed by atoms with E-state index < -0.39 is 0 Å². The van der Waals surface area contributed by atoms with E-state index in [1.807, 2.05) is 78.9 Å². The minimum atomic E-state index is 0.0138. The van der Waals surface area contributed by atoms with Crippen molar-refractivity contribution >= 4 is 21.8 Å². The number of nitrogens with zero attached hydrogens (tertiary/aromatic N) is 7. The lowest BCUT2D eigenvalue weighted by Crippen LogP contribution is -2.27. The molecule has 3 aliphatic rings. The van der Waals surface area contributed by atoms with E-state index in [0.29, 0.717) is 34.9 Å². The fraction of sp³-hybridized carbons (Fsp3) is 0.0294. The van der Waals surface area contributed by atoms with Gasteiger partial charge in [0.05, 0.1) is 11.0 Å². The molecule has 0 aliphatic heterocycles. The Bertz CT molecular complexity index is 4290. The van der Waals surface area contributed by atoms with Crippen LogP contribution in [0.1, 0.15) is 45.2 Å². The summed E-state index contributed by atoms with van der Waals surface area (Å²) in [6, 6.07) is 87.7. The molecule has 3 heterocycles. The molecule has 3 aliphatic carbocycles. The zero-order valence-corrected chi connectivity index (χ0v) is 40.5. The van der Waals surface area contributed by atoms with Crippen LogP contribution in [-0.2, 0) is 0 Å². The molecule has 350 valence electrons. The van der Waals surface area contributed by atoms with Crippen molar-refractivity contribution in [3.63, 3.8) is 0 Å². The number of hydrogen-bond donors (Lipinski definition) is 0. The highest BCUT2D eigenvalue weighted by atomic mass is 15.0. The lowest BCUT2D eigenvalue weighted by Gasteiger charge is -2.42. The molecule has 0 radical (unpaired) electrons. The number of aromatic nitrogens is 7. The molecule has 7 nitrogen and oxygen atoms in total. The van der Waals surface area contributed by atoms with Crippen LogP contribution in [-0.4, -0.2) is 34.5 Å². The van der Waals surface area contributed by atoms with Crippen molar-refractivity contribution in [2.75, 3.05) is 0 Å². The Kier molecular flexibility index (Phi) is 9.88. The summed E-state index contributed by atoms with van der Waals surface area (Å²) in [4.78, 5) is 30.8. The second kappa shape index (κ2) is 17.4. The van der Waals surface area contributed by atoms with E-state index in [4.69, 9.17) is 29.9 Å². The second-order valence-corrected chi connectivity index (χ2v) is 19.4. The molecule has 0 saturated heterocycles. The van der Waals surface area contributed by atoms with Crippen LogP contribution in [0.2, 0.25) is 0 Å². The summed E-state index contributed by atoms with van der Waals surface area (Å²) in [5, 5.41) is 2.45. The minimum Gasteiger partial charge on any atom is -0.309 e. The van der Waals surface area contributed by atoms with Gasteiger partial charge in [0.2, 0.25) is 0 Å². The van der Waals surface area contributed by atoms with Gasteiger partial charge in [-0.25, -0.2) is 29.9 Å². The summed E-state index contributed by atoms with van der Waals surface area (Å²) in [5.74, 6) is 3.86. The Labute approximate surface area is 433 Å². The highest BCUT2D eigenvalue weighted by Gasteiger charge is 2.41. The van der Waals surface area contributed by atoms with Gasteiger partial charge in [0.15, 0.2) is 34.9 Å². The Hall–Kier alpha value is -9.98. The lowest BCUT2D eigenvalue weighted by atomic mass is 9.61. The molecule has 7 heteroatoms. The second-order valence-electron chi connectivity index (χ2n) is 19.4. The van der Waals surface area contributed by atoms with Gasteiger partial charge in [-0.05, 0) is 87.0 Å². The van der Waals surface area contributed by atoms with E-state index in [1.165, 1.54) is 55.2 Å². The first-order valence-electron chi connectivity index (χ1n) is 25.4. The minimum absolute atomic E-state index is 0.0138. The monoisotopic (exact) mass is 957 g/mol. The van der Waals surface area contributed by atoms with Gasteiger partial charge in [0, 0.05) is 61.7 Å². The number of fused-ring (bicyclic) bond motifs is 3. The van der Waals surface area contributed by atoms with Gasteiger partial charge in [-0.3, -0.25) is 0 Å². The van der Waals surface area contributed by atoms with Gasteiger partial charge in [0.1, 0.15) is 0 Å². The normalized spacial score (nSPS) is 14.1. The summed E-state index contributed by atoms with van der Waals surface area (Å²) in [6.07, 6.45) is 0. The zero-order valence-electron chi connectivity index (χ0n) is 40.5. The SMILES string of the molecule is c1ccc(-c2nc(-c3ccccc3)nc(-c3ccc4c(c3)C3c5ccccc5C4c4cc(-c5nc(-c6ccccc6)nc(-c6ccc(-c7ccc8c(c7)c7ccccc7n8-c7ccccc7)cc6)n5)ccc43)n2)cc1. The molecular formula is C68H43N7. The van der Waals surface area contributed by atoms with E-state index in [-0.39, 0.29) is 11.8 Å². The highest BCUT2D eigenvalue weighted by Crippen LogP contribution is 2.56. The number of benzene rings is 10. The van der Waals surface area contributed by atoms with Crippen LogP contribution >= 0.6 is 0 Å². The molecule has 0 amide bonds.